The van der Waals surface area contributed by atoms with Gasteiger partial charge in [0, 0.05) is 31.1 Å². The maximum Gasteiger partial charge on any atom is 0.223 e. The zero-order valence-corrected chi connectivity index (χ0v) is 15.5. The lowest BCUT2D eigenvalue weighted by Crippen LogP contribution is -2.49. The molecular weight excluding hydrogens is 338 g/mol. The summed E-state index contributed by atoms with van der Waals surface area (Å²) in [6.07, 6.45) is 5.44. The molecule has 4 N–H and O–H groups in total. The fourth-order valence-corrected chi connectivity index (χ4v) is 4.30. The van der Waals surface area contributed by atoms with Crippen molar-refractivity contribution in [3.05, 3.63) is 29.8 Å². The van der Waals surface area contributed by atoms with Crippen molar-refractivity contribution in [2.24, 2.45) is 23.5 Å². The number of hydrogen-bond donors (Lipinski definition) is 3. The lowest BCUT2D eigenvalue weighted by molar-refractivity contribution is -0.128. The first-order valence-corrected chi connectivity index (χ1v) is 8.92. The number of halogens is 1. The first kappa shape index (κ1) is 19.7. The summed E-state index contributed by atoms with van der Waals surface area (Å²) in [7, 11) is 0. The van der Waals surface area contributed by atoms with Crippen LogP contribution in [0.5, 0.6) is 0 Å². The topological polar surface area (TPSA) is 84.2 Å². The number of nitrogens with two attached hydrogens (primary N) is 1. The van der Waals surface area contributed by atoms with Crippen LogP contribution in [0.3, 0.4) is 0 Å². The van der Waals surface area contributed by atoms with E-state index in [2.05, 4.69) is 10.6 Å². The lowest BCUT2D eigenvalue weighted by Gasteiger charge is -2.43. The largest absolute Gasteiger partial charge is 0.352 e. The molecule has 1 aromatic carbocycles. The molecule has 2 aliphatic rings. The Bertz CT molecular complexity index is 608. The molecule has 0 spiro atoms. The van der Waals surface area contributed by atoms with E-state index in [-0.39, 0.29) is 36.2 Å². The highest BCUT2D eigenvalue weighted by Gasteiger charge is 2.40. The Morgan fingerprint density at radius 1 is 1.20 bits per heavy atom. The van der Waals surface area contributed by atoms with E-state index >= 15 is 0 Å². The second-order valence-corrected chi connectivity index (χ2v) is 7.30. The molecule has 2 bridgehead atoms. The predicted octanol–water partition coefficient (Wildman–Crippen LogP) is 2.84. The minimum absolute atomic E-state index is 0. The highest BCUT2D eigenvalue weighted by Crippen LogP contribution is 2.41. The molecule has 6 heteroatoms. The van der Waals surface area contributed by atoms with Crippen molar-refractivity contribution in [3.8, 4) is 0 Å². The average Bonchev–Trinajstić information content (AvgIpc) is 2.52. The van der Waals surface area contributed by atoms with Crippen LogP contribution in [0, 0.1) is 17.8 Å². The Balaban J connectivity index is 0.00000225. The van der Waals surface area contributed by atoms with Crippen LogP contribution in [-0.2, 0) is 16.1 Å². The van der Waals surface area contributed by atoms with E-state index in [9.17, 15) is 9.59 Å². The number of benzene rings is 1. The fraction of sp³-hybridized carbons (Fsp3) is 0.579. The second kappa shape index (κ2) is 8.68. The highest BCUT2D eigenvalue weighted by molar-refractivity contribution is 5.88. The predicted molar refractivity (Wildman–Crippen MR) is 101 cm³/mol. The van der Waals surface area contributed by atoms with E-state index in [1.165, 1.54) is 26.2 Å². The number of carbonyl (C=O) groups excluding carboxylic acids is 2. The molecule has 5 nitrogen and oxygen atoms in total. The number of amides is 2. The minimum Gasteiger partial charge on any atom is -0.352 e. The molecule has 0 heterocycles. The summed E-state index contributed by atoms with van der Waals surface area (Å²) in [5.41, 5.74) is 8.05. The van der Waals surface area contributed by atoms with E-state index in [0.717, 1.165) is 24.1 Å². The van der Waals surface area contributed by atoms with Crippen LogP contribution < -0.4 is 16.4 Å². The molecule has 138 valence electrons. The SMILES string of the molecule is CC(=O)Nc1cccc(CNC(=O)C2CC3CCCC(C2)C3N)c1.Cl. The Hall–Kier alpha value is -1.59. The highest BCUT2D eigenvalue weighted by atomic mass is 35.5. The molecular formula is C19H28ClN3O2. The van der Waals surface area contributed by atoms with Crippen LogP contribution in [0.15, 0.2) is 24.3 Å². The Kier molecular flexibility index (Phi) is 6.85. The molecule has 2 saturated carbocycles. The van der Waals surface area contributed by atoms with Gasteiger partial charge in [0.2, 0.25) is 11.8 Å². The lowest BCUT2D eigenvalue weighted by atomic mass is 9.65. The normalized spacial score (nSPS) is 27.8. The van der Waals surface area contributed by atoms with Gasteiger partial charge < -0.3 is 16.4 Å². The molecule has 3 rings (SSSR count). The maximum atomic E-state index is 12.6. The quantitative estimate of drug-likeness (QED) is 0.767. The van der Waals surface area contributed by atoms with Gasteiger partial charge in [0.1, 0.15) is 0 Å². The van der Waals surface area contributed by atoms with Crippen LogP contribution in [0.25, 0.3) is 0 Å². The zero-order chi connectivity index (χ0) is 17.1. The Labute approximate surface area is 155 Å². The molecule has 1 aromatic rings. The van der Waals surface area contributed by atoms with Crippen LogP contribution >= 0.6 is 12.4 Å². The fourth-order valence-electron chi connectivity index (χ4n) is 4.30. The van der Waals surface area contributed by atoms with Crippen molar-refractivity contribution < 1.29 is 9.59 Å². The zero-order valence-electron chi connectivity index (χ0n) is 14.7. The minimum atomic E-state index is -0.0960. The first-order valence-electron chi connectivity index (χ1n) is 8.92. The van der Waals surface area contributed by atoms with E-state index in [0.29, 0.717) is 18.4 Å². The number of anilines is 1. The molecule has 0 aromatic heterocycles. The van der Waals surface area contributed by atoms with Gasteiger partial charge in [-0.25, -0.2) is 0 Å². The van der Waals surface area contributed by atoms with Crippen molar-refractivity contribution in [3.63, 3.8) is 0 Å². The van der Waals surface area contributed by atoms with Crippen LogP contribution in [0.2, 0.25) is 0 Å². The molecule has 2 aliphatic carbocycles. The molecule has 0 saturated heterocycles. The molecule has 25 heavy (non-hydrogen) atoms. The average molecular weight is 366 g/mol. The van der Waals surface area contributed by atoms with Gasteiger partial charge in [0.25, 0.3) is 0 Å². The van der Waals surface area contributed by atoms with Crippen LogP contribution in [-0.4, -0.2) is 17.9 Å². The molecule has 0 radical (unpaired) electrons. The van der Waals surface area contributed by atoms with Gasteiger partial charge >= 0.3 is 0 Å². The van der Waals surface area contributed by atoms with Crippen molar-refractivity contribution in [1.82, 2.24) is 5.32 Å². The summed E-state index contributed by atoms with van der Waals surface area (Å²) in [5.74, 6) is 1.16. The molecule has 2 unspecified atom stereocenters. The number of hydrogen-bond acceptors (Lipinski definition) is 3. The van der Waals surface area contributed by atoms with Crippen molar-refractivity contribution in [2.45, 2.75) is 51.6 Å². The smallest absolute Gasteiger partial charge is 0.223 e. The van der Waals surface area contributed by atoms with Gasteiger partial charge in [-0.2, -0.15) is 0 Å². The summed E-state index contributed by atoms with van der Waals surface area (Å²) < 4.78 is 0. The van der Waals surface area contributed by atoms with Crippen molar-refractivity contribution in [1.29, 1.82) is 0 Å². The van der Waals surface area contributed by atoms with Gasteiger partial charge in [-0.05, 0) is 55.2 Å². The van der Waals surface area contributed by atoms with Crippen molar-refractivity contribution in [2.75, 3.05) is 5.32 Å². The molecule has 0 aliphatic heterocycles. The van der Waals surface area contributed by atoms with Crippen LogP contribution in [0.4, 0.5) is 5.69 Å². The second-order valence-electron chi connectivity index (χ2n) is 7.30. The third-order valence-corrected chi connectivity index (χ3v) is 5.50. The standard InChI is InChI=1S/C19H27N3O2.ClH/c1-12(23)22-17-7-2-4-13(8-17)11-21-19(24)16-9-14-5-3-6-15(10-16)18(14)20;/h2,4,7-8,14-16,18H,3,5-6,9-11,20H2,1H3,(H,21,24)(H,22,23);1H. The third-order valence-electron chi connectivity index (χ3n) is 5.50. The maximum absolute atomic E-state index is 12.6. The third kappa shape index (κ3) is 4.95. The van der Waals surface area contributed by atoms with E-state index < -0.39 is 0 Å². The van der Waals surface area contributed by atoms with E-state index in [1.807, 2.05) is 24.3 Å². The monoisotopic (exact) mass is 365 g/mol. The summed E-state index contributed by atoms with van der Waals surface area (Å²) >= 11 is 0. The van der Waals surface area contributed by atoms with Crippen LogP contribution in [0.1, 0.15) is 44.6 Å². The summed E-state index contributed by atoms with van der Waals surface area (Å²) in [6.45, 7) is 1.98. The summed E-state index contributed by atoms with van der Waals surface area (Å²) in [6, 6.07) is 7.87. The van der Waals surface area contributed by atoms with E-state index in [4.69, 9.17) is 5.73 Å². The van der Waals surface area contributed by atoms with E-state index in [1.54, 1.807) is 0 Å². The number of carbonyl (C=O) groups is 2. The molecule has 2 atom stereocenters. The summed E-state index contributed by atoms with van der Waals surface area (Å²) in [5, 5.41) is 5.82. The first-order chi connectivity index (χ1) is 11.5. The Morgan fingerprint density at radius 2 is 1.88 bits per heavy atom. The Morgan fingerprint density at radius 3 is 2.52 bits per heavy atom. The van der Waals surface area contributed by atoms with Crippen molar-refractivity contribution >= 4 is 29.9 Å². The number of nitrogens with one attached hydrogen (secondary N) is 2. The van der Waals surface area contributed by atoms with Gasteiger partial charge in [-0.15, -0.1) is 12.4 Å². The van der Waals surface area contributed by atoms with Gasteiger partial charge in [0.05, 0.1) is 0 Å². The molecule has 2 amide bonds. The van der Waals surface area contributed by atoms with Gasteiger partial charge in [0.15, 0.2) is 0 Å². The molecule has 2 fully saturated rings. The number of fused-ring (bicyclic) bond motifs is 2. The van der Waals surface area contributed by atoms with Gasteiger partial charge in [-0.3, -0.25) is 9.59 Å². The number of rotatable bonds is 4. The summed E-state index contributed by atoms with van der Waals surface area (Å²) in [4.78, 5) is 23.7. The van der Waals surface area contributed by atoms with Gasteiger partial charge in [-0.1, -0.05) is 18.6 Å².